The number of hydrogen-bond acceptors (Lipinski definition) is 3. The molecule has 1 atom stereocenters. The van der Waals surface area contributed by atoms with Gasteiger partial charge in [-0.15, -0.1) is 0 Å². The molecule has 0 spiro atoms. The number of nitrogens with two attached hydrogens (primary N) is 1. The minimum Gasteiger partial charge on any atom is -0.478 e. The smallest absolute Gasteiger partial charge is 0.340 e. The van der Waals surface area contributed by atoms with E-state index in [0.717, 1.165) is 6.07 Å². The molecular weight excluding hydrogens is 227 g/mol. The van der Waals surface area contributed by atoms with E-state index in [1.165, 1.54) is 12.1 Å². The highest BCUT2D eigenvalue weighted by atomic mass is 19.1. The second-order valence-corrected chi connectivity index (χ2v) is 3.47. The van der Waals surface area contributed by atoms with Crippen molar-refractivity contribution in [2.45, 2.75) is 19.4 Å². The predicted molar refractivity (Wildman–Crippen MR) is 60.3 cm³/mol. The van der Waals surface area contributed by atoms with E-state index >= 15 is 0 Å². The average Bonchev–Trinajstić information content (AvgIpc) is 2.27. The van der Waals surface area contributed by atoms with E-state index in [1.807, 2.05) is 0 Å². The van der Waals surface area contributed by atoms with Crippen molar-refractivity contribution in [2.75, 3.05) is 5.32 Å². The first-order valence-corrected chi connectivity index (χ1v) is 5.05. The van der Waals surface area contributed by atoms with Crippen molar-refractivity contribution in [3.63, 3.8) is 0 Å². The first-order valence-electron chi connectivity index (χ1n) is 5.05. The molecule has 1 amide bonds. The van der Waals surface area contributed by atoms with Crippen molar-refractivity contribution in [2.24, 2.45) is 5.73 Å². The summed E-state index contributed by atoms with van der Waals surface area (Å²) in [5, 5.41) is 11.1. The van der Waals surface area contributed by atoms with Gasteiger partial charge in [0.1, 0.15) is 11.4 Å². The zero-order chi connectivity index (χ0) is 13.0. The van der Waals surface area contributed by atoms with Gasteiger partial charge in [0.25, 0.3) is 0 Å². The number of carbonyl (C=O) groups is 2. The molecular formula is C11H13FN2O3. The summed E-state index contributed by atoms with van der Waals surface area (Å²) in [7, 11) is 0. The second kappa shape index (κ2) is 5.40. The molecule has 6 heteroatoms. The molecule has 0 heterocycles. The lowest BCUT2D eigenvalue weighted by molar-refractivity contribution is -0.117. The lowest BCUT2D eigenvalue weighted by atomic mass is 10.1. The van der Waals surface area contributed by atoms with E-state index in [2.05, 4.69) is 5.32 Å². The molecule has 0 radical (unpaired) electrons. The third-order valence-electron chi connectivity index (χ3n) is 2.26. The molecule has 0 aromatic heterocycles. The van der Waals surface area contributed by atoms with Gasteiger partial charge in [0.15, 0.2) is 0 Å². The normalized spacial score (nSPS) is 11.9. The Balaban J connectivity index is 3.03. The molecule has 0 aliphatic heterocycles. The Morgan fingerprint density at radius 3 is 2.71 bits per heavy atom. The molecule has 0 fully saturated rings. The Bertz CT molecular complexity index is 448. The molecule has 0 aliphatic rings. The number of rotatable bonds is 4. The molecule has 0 aliphatic carbocycles. The van der Waals surface area contributed by atoms with Crippen LogP contribution in [0.3, 0.4) is 0 Å². The van der Waals surface area contributed by atoms with Gasteiger partial charge in [0, 0.05) is 0 Å². The van der Waals surface area contributed by atoms with Crippen molar-refractivity contribution >= 4 is 17.6 Å². The number of anilines is 1. The summed E-state index contributed by atoms with van der Waals surface area (Å²) in [5.74, 6) is -2.88. The van der Waals surface area contributed by atoms with Crippen molar-refractivity contribution in [1.29, 1.82) is 0 Å². The molecule has 92 valence electrons. The van der Waals surface area contributed by atoms with Gasteiger partial charge in [-0.25, -0.2) is 9.18 Å². The molecule has 5 nitrogen and oxygen atoms in total. The third kappa shape index (κ3) is 3.01. The fourth-order valence-electron chi connectivity index (χ4n) is 1.26. The van der Waals surface area contributed by atoms with Crippen molar-refractivity contribution < 1.29 is 19.1 Å². The zero-order valence-electron chi connectivity index (χ0n) is 9.24. The van der Waals surface area contributed by atoms with Gasteiger partial charge in [-0.1, -0.05) is 13.0 Å². The Hall–Kier alpha value is -1.95. The van der Waals surface area contributed by atoms with E-state index in [0.29, 0.717) is 6.42 Å². The summed E-state index contributed by atoms with van der Waals surface area (Å²) in [6, 6.07) is 2.89. The number of aromatic carboxylic acids is 1. The first kappa shape index (κ1) is 13.1. The number of nitrogens with one attached hydrogen (secondary N) is 1. The quantitative estimate of drug-likeness (QED) is 0.737. The van der Waals surface area contributed by atoms with Crippen LogP contribution in [-0.4, -0.2) is 23.0 Å². The van der Waals surface area contributed by atoms with Gasteiger partial charge in [-0.3, -0.25) is 4.79 Å². The van der Waals surface area contributed by atoms with Gasteiger partial charge in [0.05, 0.1) is 11.7 Å². The molecule has 0 saturated heterocycles. The maximum atomic E-state index is 13.3. The summed E-state index contributed by atoms with van der Waals surface area (Å²) in [6.07, 6.45) is 0.406. The highest BCUT2D eigenvalue weighted by Crippen LogP contribution is 2.19. The van der Waals surface area contributed by atoms with E-state index in [1.54, 1.807) is 6.92 Å². The van der Waals surface area contributed by atoms with Crippen LogP contribution in [0.1, 0.15) is 23.7 Å². The second-order valence-electron chi connectivity index (χ2n) is 3.47. The summed E-state index contributed by atoms with van der Waals surface area (Å²) in [4.78, 5) is 22.3. The maximum Gasteiger partial charge on any atom is 0.340 e. The van der Waals surface area contributed by atoms with Crippen LogP contribution >= 0.6 is 0 Å². The Kier molecular flexibility index (Phi) is 4.17. The van der Waals surface area contributed by atoms with Gasteiger partial charge in [-0.2, -0.15) is 0 Å². The van der Waals surface area contributed by atoms with Crippen molar-refractivity contribution in [3.8, 4) is 0 Å². The number of carbonyl (C=O) groups excluding carboxylic acids is 1. The maximum absolute atomic E-state index is 13.3. The minimum absolute atomic E-state index is 0.0913. The summed E-state index contributed by atoms with van der Waals surface area (Å²) < 4.78 is 13.3. The Morgan fingerprint density at radius 2 is 2.18 bits per heavy atom. The van der Waals surface area contributed by atoms with E-state index in [9.17, 15) is 14.0 Å². The summed E-state index contributed by atoms with van der Waals surface area (Å²) >= 11 is 0. The van der Waals surface area contributed by atoms with Crippen LogP contribution in [0.25, 0.3) is 0 Å². The fourth-order valence-corrected chi connectivity index (χ4v) is 1.26. The minimum atomic E-state index is -1.44. The van der Waals surface area contributed by atoms with E-state index in [4.69, 9.17) is 10.8 Å². The van der Waals surface area contributed by atoms with Gasteiger partial charge >= 0.3 is 5.97 Å². The number of amides is 1. The van der Waals surface area contributed by atoms with Crippen LogP contribution in [-0.2, 0) is 4.79 Å². The SMILES string of the molecule is CCC(N)C(=O)Nc1cccc(F)c1C(=O)O. The molecule has 0 saturated carbocycles. The molecule has 1 unspecified atom stereocenters. The molecule has 4 N–H and O–H groups in total. The summed E-state index contributed by atoms with van der Waals surface area (Å²) in [5.41, 5.74) is 4.82. The van der Waals surface area contributed by atoms with Gasteiger partial charge in [0.2, 0.25) is 5.91 Å². The number of carboxylic acid groups (broad SMARTS) is 1. The Morgan fingerprint density at radius 1 is 1.53 bits per heavy atom. The first-order chi connectivity index (χ1) is 7.97. The largest absolute Gasteiger partial charge is 0.478 e. The van der Waals surface area contributed by atoms with Gasteiger partial charge in [-0.05, 0) is 18.6 Å². The zero-order valence-corrected chi connectivity index (χ0v) is 9.24. The topological polar surface area (TPSA) is 92.4 Å². The van der Waals surface area contributed by atoms with Crippen LogP contribution in [0.4, 0.5) is 10.1 Å². The molecule has 1 aromatic rings. The number of benzene rings is 1. The third-order valence-corrected chi connectivity index (χ3v) is 2.26. The van der Waals surface area contributed by atoms with Crippen molar-refractivity contribution in [3.05, 3.63) is 29.6 Å². The monoisotopic (exact) mass is 240 g/mol. The van der Waals surface area contributed by atoms with Crippen LogP contribution in [0.2, 0.25) is 0 Å². The molecule has 1 rings (SSSR count). The highest BCUT2D eigenvalue weighted by Gasteiger charge is 2.19. The highest BCUT2D eigenvalue weighted by molar-refractivity contribution is 6.02. The number of hydrogen-bond donors (Lipinski definition) is 3. The lowest BCUT2D eigenvalue weighted by Gasteiger charge is -2.12. The predicted octanol–water partition coefficient (Wildman–Crippen LogP) is 1.20. The average molecular weight is 240 g/mol. The van der Waals surface area contributed by atoms with Crippen LogP contribution < -0.4 is 11.1 Å². The molecule has 0 bridgehead atoms. The van der Waals surface area contributed by atoms with E-state index < -0.39 is 29.3 Å². The van der Waals surface area contributed by atoms with Crippen LogP contribution in [0.15, 0.2) is 18.2 Å². The fraction of sp³-hybridized carbons (Fsp3) is 0.273. The standard InChI is InChI=1S/C11H13FN2O3/c1-2-7(13)10(15)14-8-5-3-4-6(12)9(8)11(16)17/h3-5,7H,2,13H2,1H3,(H,14,15)(H,16,17). The lowest BCUT2D eigenvalue weighted by Crippen LogP contribution is -2.35. The van der Waals surface area contributed by atoms with Crippen LogP contribution in [0.5, 0.6) is 0 Å². The summed E-state index contributed by atoms with van der Waals surface area (Å²) in [6.45, 7) is 1.72. The Labute approximate surface area is 97.4 Å². The van der Waals surface area contributed by atoms with E-state index in [-0.39, 0.29) is 5.69 Å². The van der Waals surface area contributed by atoms with Crippen LogP contribution in [0, 0.1) is 5.82 Å². The molecule has 1 aromatic carbocycles. The molecule has 17 heavy (non-hydrogen) atoms. The number of carboxylic acids is 1. The number of halogens is 1. The van der Waals surface area contributed by atoms with Crippen molar-refractivity contribution in [1.82, 2.24) is 0 Å². The van der Waals surface area contributed by atoms with Gasteiger partial charge < -0.3 is 16.2 Å².